The smallest absolute Gasteiger partial charge is 0.282 e. The van der Waals surface area contributed by atoms with Crippen LogP contribution in [0.5, 0.6) is 0 Å². The fraction of sp³-hybridized carbons (Fsp3) is 0.667. The van der Waals surface area contributed by atoms with Crippen LogP contribution in [0.2, 0.25) is 0 Å². The Bertz CT molecular complexity index is 372. The molecule has 1 heterocycles. The lowest BCUT2D eigenvalue weighted by molar-refractivity contribution is 0.0934. The van der Waals surface area contributed by atoms with Gasteiger partial charge >= 0.3 is 0 Å². The van der Waals surface area contributed by atoms with E-state index in [1.165, 1.54) is 11.3 Å². The summed E-state index contributed by atoms with van der Waals surface area (Å²) >= 11 is 1.29. The summed E-state index contributed by atoms with van der Waals surface area (Å²) in [4.78, 5) is 11.7. The number of carbonyl (C=O) groups excluding carboxylic acids is 1. The molecule has 15 heavy (non-hydrogen) atoms. The largest absolute Gasteiger partial charge is 0.360 e. The van der Waals surface area contributed by atoms with Gasteiger partial charge in [-0.25, -0.2) is 0 Å². The third-order valence-corrected chi connectivity index (χ3v) is 3.24. The number of hydrogen-bond acceptors (Lipinski definition) is 5. The molecule has 0 radical (unpaired) electrons. The summed E-state index contributed by atoms with van der Waals surface area (Å²) in [5.41, 5.74) is 0.00109. The average Bonchev–Trinajstić information content (AvgIpc) is 2.74. The molecule has 0 saturated heterocycles. The molecule has 2 N–H and O–H groups in total. The van der Waals surface area contributed by atoms with Gasteiger partial charge < -0.3 is 10.6 Å². The fourth-order valence-corrected chi connectivity index (χ4v) is 1.88. The number of anilines is 1. The van der Waals surface area contributed by atoms with Gasteiger partial charge in [-0.3, -0.25) is 4.79 Å². The highest BCUT2D eigenvalue weighted by Crippen LogP contribution is 2.34. The summed E-state index contributed by atoms with van der Waals surface area (Å²) in [6.45, 7) is 4.80. The number of carbonyl (C=O) groups is 1. The number of hydrogen-bond donors (Lipinski definition) is 2. The number of nitrogens with one attached hydrogen (secondary N) is 2. The highest BCUT2D eigenvalue weighted by molar-refractivity contribution is 7.17. The summed E-state index contributed by atoms with van der Waals surface area (Å²) in [5, 5.41) is 14.8. The molecule has 1 aromatic heterocycles. The average molecular weight is 226 g/mol. The van der Waals surface area contributed by atoms with Crippen LogP contribution in [0.4, 0.5) is 5.13 Å². The van der Waals surface area contributed by atoms with Crippen LogP contribution in [0.3, 0.4) is 0 Å². The lowest BCUT2D eigenvalue weighted by atomic mass is 10.3. The van der Waals surface area contributed by atoms with Gasteiger partial charge in [0.25, 0.3) is 5.91 Å². The standard InChI is InChI=1S/C9H14N4OS/c1-3-10-8-13-12-7(15-8)6(14)11-9(2)4-5-9/h3-5H2,1-2H3,(H,10,13)(H,11,14). The van der Waals surface area contributed by atoms with Crippen molar-refractivity contribution in [1.82, 2.24) is 15.5 Å². The van der Waals surface area contributed by atoms with E-state index in [1.807, 2.05) is 13.8 Å². The molecule has 2 rings (SSSR count). The maximum absolute atomic E-state index is 11.7. The molecule has 0 spiro atoms. The van der Waals surface area contributed by atoms with E-state index in [2.05, 4.69) is 20.8 Å². The minimum absolute atomic E-state index is 0.00109. The van der Waals surface area contributed by atoms with Gasteiger partial charge in [0.2, 0.25) is 10.1 Å². The maximum atomic E-state index is 11.7. The molecular weight excluding hydrogens is 212 g/mol. The minimum atomic E-state index is -0.114. The zero-order valence-corrected chi connectivity index (χ0v) is 9.65. The van der Waals surface area contributed by atoms with Gasteiger partial charge in [0, 0.05) is 12.1 Å². The van der Waals surface area contributed by atoms with Crippen molar-refractivity contribution in [3.05, 3.63) is 5.01 Å². The highest BCUT2D eigenvalue weighted by Gasteiger charge is 2.39. The first-order chi connectivity index (χ1) is 7.13. The van der Waals surface area contributed by atoms with Crippen molar-refractivity contribution >= 4 is 22.4 Å². The second-order valence-corrected chi connectivity index (χ2v) is 4.94. The van der Waals surface area contributed by atoms with E-state index < -0.39 is 0 Å². The number of rotatable bonds is 4. The molecule has 0 unspecified atom stereocenters. The first kappa shape index (κ1) is 10.4. The van der Waals surface area contributed by atoms with Crippen LogP contribution in [0.1, 0.15) is 36.5 Å². The Morgan fingerprint density at radius 1 is 1.53 bits per heavy atom. The molecule has 1 aliphatic rings. The summed E-state index contributed by atoms with van der Waals surface area (Å²) in [6, 6.07) is 0. The SMILES string of the molecule is CCNc1nnc(C(=O)NC2(C)CC2)s1. The predicted octanol–water partition coefficient (Wildman–Crippen LogP) is 1.25. The molecule has 0 aromatic carbocycles. The van der Waals surface area contributed by atoms with Gasteiger partial charge in [-0.05, 0) is 26.7 Å². The van der Waals surface area contributed by atoms with E-state index >= 15 is 0 Å². The lowest BCUT2D eigenvalue weighted by Crippen LogP contribution is -2.34. The second kappa shape index (κ2) is 3.77. The lowest BCUT2D eigenvalue weighted by Gasteiger charge is -2.08. The quantitative estimate of drug-likeness (QED) is 0.811. The van der Waals surface area contributed by atoms with Crippen LogP contribution >= 0.6 is 11.3 Å². The Kier molecular flexibility index (Phi) is 2.60. The fourth-order valence-electron chi connectivity index (χ4n) is 1.18. The summed E-state index contributed by atoms with van der Waals surface area (Å²) < 4.78 is 0. The Balaban J connectivity index is 1.98. The van der Waals surface area contributed by atoms with Gasteiger partial charge in [0.15, 0.2) is 0 Å². The van der Waals surface area contributed by atoms with Gasteiger partial charge in [-0.1, -0.05) is 11.3 Å². The number of amides is 1. The van der Waals surface area contributed by atoms with Crippen LogP contribution < -0.4 is 10.6 Å². The van der Waals surface area contributed by atoms with E-state index in [0.717, 1.165) is 19.4 Å². The van der Waals surface area contributed by atoms with Crippen LogP contribution in [-0.4, -0.2) is 28.2 Å². The van der Waals surface area contributed by atoms with Crippen molar-refractivity contribution in [3.63, 3.8) is 0 Å². The molecule has 82 valence electrons. The third-order valence-electron chi connectivity index (χ3n) is 2.36. The zero-order valence-electron chi connectivity index (χ0n) is 8.83. The van der Waals surface area contributed by atoms with Gasteiger partial charge in [-0.2, -0.15) is 0 Å². The van der Waals surface area contributed by atoms with Gasteiger partial charge in [-0.15, -0.1) is 10.2 Å². The van der Waals surface area contributed by atoms with Crippen molar-refractivity contribution < 1.29 is 4.79 Å². The molecule has 1 saturated carbocycles. The maximum Gasteiger partial charge on any atom is 0.282 e. The van der Waals surface area contributed by atoms with E-state index in [4.69, 9.17) is 0 Å². The first-order valence-corrected chi connectivity index (χ1v) is 5.84. The molecule has 0 bridgehead atoms. The molecule has 5 nitrogen and oxygen atoms in total. The van der Waals surface area contributed by atoms with Crippen LogP contribution in [0, 0.1) is 0 Å². The topological polar surface area (TPSA) is 66.9 Å². The summed E-state index contributed by atoms with van der Waals surface area (Å²) in [5.74, 6) is -0.114. The van der Waals surface area contributed by atoms with E-state index in [9.17, 15) is 4.79 Å². The number of aromatic nitrogens is 2. The van der Waals surface area contributed by atoms with Crippen LogP contribution in [0.15, 0.2) is 0 Å². The molecular formula is C9H14N4OS. The normalized spacial score (nSPS) is 17.2. The highest BCUT2D eigenvalue weighted by atomic mass is 32.1. The Morgan fingerprint density at radius 3 is 2.87 bits per heavy atom. The predicted molar refractivity (Wildman–Crippen MR) is 59.2 cm³/mol. The van der Waals surface area contributed by atoms with Crippen molar-refractivity contribution in [3.8, 4) is 0 Å². The molecule has 6 heteroatoms. The third kappa shape index (κ3) is 2.44. The van der Waals surface area contributed by atoms with Crippen LogP contribution in [-0.2, 0) is 0 Å². The van der Waals surface area contributed by atoms with Gasteiger partial charge in [0.1, 0.15) is 0 Å². The Labute approximate surface area is 92.3 Å². The Morgan fingerprint density at radius 2 is 2.27 bits per heavy atom. The minimum Gasteiger partial charge on any atom is -0.360 e. The van der Waals surface area contributed by atoms with E-state index in [0.29, 0.717) is 10.1 Å². The van der Waals surface area contributed by atoms with Gasteiger partial charge in [0.05, 0.1) is 0 Å². The summed E-state index contributed by atoms with van der Waals surface area (Å²) in [7, 11) is 0. The molecule has 1 aliphatic carbocycles. The number of nitrogens with zero attached hydrogens (tertiary/aromatic N) is 2. The van der Waals surface area contributed by atoms with Crippen molar-refractivity contribution in [2.75, 3.05) is 11.9 Å². The monoisotopic (exact) mass is 226 g/mol. The molecule has 1 amide bonds. The van der Waals surface area contributed by atoms with Crippen LogP contribution in [0.25, 0.3) is 0 Å². The molecule has 1 fully saturated rings. The molecule has 0 aliphatic heterocycles. The van der Waals surface area contributed by atoms with Crippen molar-refractivity contribution in [1.29, 1.82) is 0 Å². The second-order valence-electron chi connectivity index (χ2n) is 3.96. The first-order valence-electron chi connectivity index (χ1n) is 5.03. The molecule has 0 atom stereocenters. The van der Waals surface area contributed by atoms with E-state index in [-0.39, 0.29) is 11.4 Å². The van der Waals surface area contributed by atoms with E-state index in [1.54, 1.807) is 0 Å². The van der Waals surface area contributed by atoms with Crippen molar-refractivity contribution in [2.45, 2.75) is 32.2 Å². The Hall–Kier alpha value is -1.17. The van der Waals surface area contributed by atoms with Crippen molar-refractivity contribution in [2.24, 2.45) is 0 Å². The summed E-state index contributed by atoms with van der Waals surface area (Å²) in [6.07, 6.45) is 2.11. The zero-order chi connectivity index (χ0) is 10.9. The molecule has 1 aromatic rings.